The van der Waals surface area contributed by atoms with Gasteiger partial charge in [-0.15, -0.1) is 0 Å². The number of ether oxygens (including phenoxy) is 1. The van der Waals surface area contributed by atoms with Gasteiger partial charge in [0.1, 0.15) is 11.4 Å². The summed E-state index contributed by atoms with van der Waals surface area (Å²) in [5.74, 6) is 0.915. The number of hydrogen-bond donors (Lipinski definition) is 4. The van der Waals surface area contributed by atoms with Crippen molar-refractivity contribution in [1.29, 1.82) is 0 Å². The third-order valence-electron chi connectivity index (χ3n) is 4.99. The first-order valence-electron chi connectivity index (χ1n) is 10.5. The van der Waals surface area contributed by atoms with Crippen molar-refractivity contribution >= 4 is 17.4 Å². The molecule has 4 aromatic rings. The van der Waals surface area contributed by atoms with Crippen LogP contribution in [0, 0.1) is 0 Å². The number of H-pyrrole nitrogens is 2. The molecule has 0 saturated heterocycles. The van der Waals surface area contributed by atoms with Crippen LogP contribution >= 0.6 is 0 Å². The molecule has 2 amide bonds. The number of anilines is 2. The molecule has 0 unspecified atom stereocenters. The van der Waals surface area contributed by atoms with E-state index < -0.39 is 17.4 Å². The van der Waals surface area contributed by atoms with E-state index >= 15 is 0 Å². The van der Waals surface area contributed by atoms with E-state index in [1.807, 2.05) is 24.3 Å². The molecule has 0 aliphatic rings. The Morgan fingerprint density at radius 1 is 0.912 bits per heavy atom. The number of nitrogens with one attached hydrogen (secondary N) is 4. The van der Waals surface area contributed by atoms with Gasteiger partial charge in [-0.05, 0) is 47.9 Å². The van der Waals surface area contributed by atoms with Gasteiger partial charge in [0.05, 0.1) is 5.69 Å². The van der Waals surface area contributed by atoms with Crippen LogP contribution < -0.4 is 26.7 Å². The molecule has 34 heavy (non-hydrogen) atoms. The average molecular weight is 460 g/mol. The number of hydrogen-bond acceptors (Lipinski definition) is 5. The van der Waals surface area contributed by atoms with Crippen LogP contribution in [0.25, 0.3) is 5.69 Å². The summed E-state index contributed by atoms with van der Waals surface area (Å²) in [7, 11) is 0. The molecule has 2 aromatic heterocycles. The van der Waals surface area contributed by atoms with Crippen LogP contribution in [0.2, 0.25) is 0 Å². The highest BCUT2D eigenvalue weighted by Crippen LogP contribution is 2.35. The molecule has 2 heterocycles. The van der Waals surface area contributed by atoms with Gasteiger partial charge in [-0.1, -0.05) is 39.0 Å². The Bertz CT molecular complexity index is 1400. The molecule has 10 heteroatoms. The number of benzene rings is 2. The topological polar surface area (TPSA) is 134 Å². The van der Waals surface area contributed by atoms with E-state index in [0.717, 1.165) is 10.1 Å². The number of urea groups is 1. The molecule has 4 rings (SSSR count). The Balaban J connectivity index is 1.49. The first-order chi connectivity index (χ1) is 16.2. The lowest BCUT2D eigenvalue weighted by atomic mass is 9.86. The first kappa shape index (κ1) is 22.6. The van der Waals surface area contributed by atoms with Crippen LogP contribution in [0.15, 0.2) is 76.4 Å². The Morgan fingerprint density at radius 2 is 1.59 bits per heavy atom. The molecule has 2 aromatic carbocycles. The van der Waals surface area contributed by atoms with Crippen LogP contribution in [0.1, 0.15) is 26.3 Å². The number of aromatic amines is 2. The summed E-state index contributed by atoms with van der Waals surface area (Å²) in [4.78, 5) is 40.3. The second-order valence-corrected chi connectivity index (χ2v) is 8.53. The van der Waals surface area contributed by atoms with Gasteiger partial charge in [0.15, 0.2) is 0 Å². The van der Waals surface area contributed by atoms with Crippen molar-refractivity contribution in [1.82, 2.24) is 19.7 Å². The summed E-state index contributed by atoms with van der Waals surface area (Å²) in [5, 5.41) is 9.88. The lowest BCUT2D eigenvalue weighted by Crippen LogP contribution is -2.24. The van der Waals surface area contributed by atoms with Gasteiger partial charge in [-0.3, -0.25) is 0 Å². The number of amides is 2. The Labute approximate surface area is 194 Å². The fraction of sp³-hybridized carbons (Fsp3) is 0.167. The number of aromatic nitrogens is 4. The zero-order valence-electron chi connectivity index (χ0n) is 18.9. The van der Waals surface area contributed by atoms with Gasteiger partial charge in [-0.2, -0.15) is 0 Å². The monoisotopic (exact) mass is 460 g/mol. The largest absolute Gasteiger partial charge is 0.437 e. The van der Waals surface area contributed by atoms with Crippen molar-refractivity contribution in [2.45, 2.75) is 26.2 Å². The third kappa shape index (κ3) is 4.90. The zero-order valence-corrected chi connectivity index (χ0v) is 18.9. The lowest BCUT2D eigenvalue weighted by Gasteiger charge is -2.22. The summed E-state index contributed by atoms with van der Waals surface area (Å²) in [5.41, 5.74) is 0.923. The summed E-state index contributed by atoms with van der Waals surface area (Å²) in [6.07, 6.45) is 1.58. The molecule has 0 saturated carbocycles. The zero-order chi connectivity index (χ0) is 24.3. The molecule has 0 fully saturated rings. The van der Waals surface area contributed by atoms with E-state index in [-0.39, 0.29) is 11.3 Å². The fourth-order valence-corrected chi connectivity index (χ4v) is 3.37. The molecule has 174 valence electrons. The molecule has 4 N–H and O–H groups in total. The van der Waals surface area contributed by atoms with E-state index in [4.69, 9.17) is 4.74 Å². The van der Waals surface area contributed by atoms with Gasteiger partial charge >= 0.3 is 17.4 Å². The summed E-state index contributed by atoms with van der Waals surface area (Å²) >= 11 is 0. The first-order valence-corrected chi connectivity index (χ1v) is 10.5. The van der Waals surface area contributed by atoms with Crippen LogP contribution in [0.4, 0.5) is 16.2 Å². The number of carbonyl (C=O) groups excluding carboxylic acids is 1. The molecule has 0 aliphatic heterocycles. The van der Waals surface area contributed by atoms with Gasteiger partial charge in [-0.25, -0.2) is 34.1 Å². The second-order valence-electron chi connectivity index (χ2n) is 8.53. The highest BCUT2D eigenvalue weighted by atomic mass is 16.5. The minimum absolute atomic E-state index is 0.140. The van der Waals surface area contributed by atoms with Crippen molar-refractivity contribution < 1.29 is 9.53 Å². The summed E-state index contributed by atoms with van der Waals surface area (Å²) in [6, 6.07) is 16.8. The van der Waals surface area contributed by atoms with Gasteiger partial charge in [0.25, 0.3) is 0 Å². The fourth-order valence-electron chi connectivity index (χ4n) is 3.37. The van der Waals surface area contributed by atoms with Crippen LogP contribution in [-0.4, -0.2) is 25.8 Å². The standard InChI is InChI=1S/C24H24N6O4/c1-24(2,3)17-7-4-5-9-19(17)34-20-18(8-6-14-25-20)27-21(31)26-15-10-12-16(13-11-15)30-22(32)28-29-23(30)33/h4-14H,1-3H3,(H,28,32)(H,29,33)(H2,26,27,31). The quantitative estimate of drug-likeness (QED) is 0.357. The maximum Gasteiger partial charge on any atom is 0.348 e. The van der Waals surface area contributed by atoms with Crippen molar-refractivity contribution in [3.05, 3.63) is 93.4 Å². The van der Waals surface area contributed by atoms with Crippen molar-refractivity contribution in [3.63, 3.8) is 0 Å². The highest BCUT2D eigenvalue weighted by molar-refractivity contribution is 6.00. The molecule has 0 bridgehead atoms. The third-order valence-corrected chi connectivity index (χ3v) is 4.99. The Kier molecular flexibility index (Phi) is 6.05. The van der Waals surface area contributed by atoms with Crippen molar-refractivity contribution in [3.8, 4) is 17.3 Å². The molecular formula is C24H24N6O4. The molecule has 10 nitrogen and oxygen atoms in total. The Morgan fingerprint density at radius 3 is 2.26 bits per heavy atom. The number of nitrogens with zero attached hydrogens (tertiary/aromatic N) is 2. The normalized spacial score (nSPS) is 11.1. The van der Waals surface area contributed by atoms with Gasteiger partial charge in [0, 0.05) is 17.4 Å². The van der Waals surface area contributed by atoms with E-state index in [1.165, 1.54) is 0 Å². The van der Waals surface area contributed by atoms with Crippen LogP contribution in [0.5, 0.6) is 11.6 Å². The second kappa shape index (κ2) is 9.10. The molecular weight excluding hydrogens is 436 g/mol. The van der Waals surface area contributed by atoms with E-state index in [9.17, 15) is 14.4 Å². The maximum absolute atomic E-state index is 12.6. The van der Waals surface area contributed by atoms with Crippen molar-refractivity contribution in [2.24, 2.45) is 0 Å². The van der Waals surface area contributed by atoms with Gasteiger partial charge in [0.2, 0.25) is 5.88 Å². The highest BCUT2D eigenvalue weighted by Gasteiger charge is 2.20. The molecule has 0 radical (unpaired) electrons. The van der Waals surface area contributed by atoms with E-state index in [1.54, 1.807) is 42.6 Å². The number of pyridine rings is 1. The van der Waals surface area contributed by atoms with Crippen molar-refractivity contribution in [2.75, 3.05) is 10.6 Å². The maximum atomic E-state index is 12.6. The molecule has 0 spiro atoms. The van der Waals surface area contributed by atoms with Crippen LogP contribution in [0.3, 0.4) is 0 Å². The molecule has 0 aliphatic carbocycles. The molecule has 0 atom stereocenters. The van der Waals surface area contributed by atoms with Crippen LogP contribution in [-0.2, 0) is 5.41 Å². The summed E-state index contributed by atoms with van der Waals surface area (Å²) < 4.78 is 7.02. The van der Waals surface area contributed by atoms with E-state index in [0.29, 0.717) is 22.8 Å². The minimum atomic E-state index is -0.583. The van der Waals surface area contributed by atoms with Gasteiger partial charge < -0.3 is 15.4 Å². The predicted octanol–water partition coefficient (Wildman–Crippen LogP) is 3.98. The average Bonchev–Trinajstić information content (AvgIpc) is 3.13. The smallest absolute Gasteiger partial charge is 0.348 e. The number of carbonyl (C=O) groups is 1. The number of rotatable bonds is 5. The predicted molar refractivity (Wildman–Crippen MR) is 129 cm³/mol. The minimum Gasteiger partial charge on any atom is -0.437 e. The SMILES string of the molecule is CC(C)(C)c1ccccc1Oc1ncccc1NC(=O)Nc1ccc(-n2c(=O)[nH][nH]c2=O)cc1. The summed E-state index contributed by atoms with van der Waals surface area (Å²) in [6.45, 7) is 6.27. The Hall–Kier alpha value is -4.60. The lowest BCUT2D eigenvalue weighted by molar-refractivity contribution is 0.262. The number of para-hydroxylation sites is 1. The van der Waals surface area contributed by atoms with E-state index in [2.05, 4.69) is 46.6 Å².